The number of carboxylic acid groups (broad SMARTS) is 1. The Labute approximate surface area is 208 Å². The lowest BCUT2D eigenvalue weighted by Crippen LogP contribution is -2.59. The summed E-state index contributed by atoms with van der Waals surface area (Å²) in [5.74, 6) is -1.88. The molecule has 0 aromatic heterocycles. The number of halogens is 2. The van der Waals surface area contributed by atoms with E-state index in [-0.39, 0.29) is 25.6 Å². The molecule has 1 unspecified atom stereocenters. The Balaban J connectivity index is 1.86. The van der Waals surface area contributed by atoms with Gasteiger partial charge in [-0.3, -0.25) is 19.4 Å². The van der Waals surface area contributed by atoms with Gasteiger partial charge in [0.15, 0.2) is 0 Å². The Bertz CT molecular complexity index is 1060. The summed E-state index contributed by atoms with van der Waals surface area (Å²) >= 11 is 12.3. The molecule has 34 heavy (non-hydrogen) atoms. The van der Waals surface area contributed by atoms with Crippen LogP contribution in [0.2, 0.25) is 10.0 Å². The van der Waals surface area contributed by atoms with E-state index in [0.717, 1.165) is 10.5 Å². The van der Waals surface area contributed by atoms with Gasteiger partial charge in [0.1, 0.15) is 11.9 Å². The van der Waals surface area contributed by atoms with E-state index in [1.807, 2.05) is 13.8 Å². The van der Waals surface area contributed by atoms with Crippen LogP contribution in [0.3, 0.4) is 0 Å². The van der Waals surface area contributed by atoms with Crippen LogP contribution < -0.4 is 10.1 Å². The van der Waals surface area contributed by atoms with Crippen molar-refractivity contribution >= 4 is 46.8 Å². The van der Waals surface area contributed by atoms with Crippen molar-refractivity contribution in [2.24, 2.45) is 5.92 Å². The van der Waals surface area contributed by atoms with E-state index in [1.165, 1.54) is 11.8 Å². The van der Waals surface area contributed by atoms with Crippen LogP contribution in [0.4, 0.5) is 10.5 Å². The summed E-state index contributed by atoms with van der Waals surface area (Å²) in [6, 6.07) is 11.6. The van der Waals surface area contributed by atoms with Gasteiger partial charge in [0.25, 0.3) is 0 Å². The summed E-state index contributed by atoms with van der Waals surface area (Å²) in [5, 5.41) is 13.4. The fraction of sp³-hybridized carbons (Fsp3) is 0.375. The van der Waals surface area contributed by atoms with Gasteiger partial charge in [-0.1, -0.05) is 42.3 Å². The highest BCUT2D eigenvalue weighted by molar-refractivity contribution is 6.32. The Morgan fingerprint density at radius 1 is 1.15 bits per heavy atom. The van der Waals surface area contributed by atoms with E-state index in [9.17, 15) is 19.5 Å². The number of imide groups is 1. The average molecular weight is 508 g/mol. The maximum Gasteiger partial charge on any atom is 0.328 e. The summed E-state index contributed by atoms with van der Waals surface area (Å²) in [6.45, 7) is 5.24. The van der Waals surface area contributed by atoms with Gasteiger partial charge in [-0.05, 0) is 49.7 Å². The second kappa shape index (κ2) is 11.0. The van der Waals surface area contributed by atoms with Crippen molar-refractivity contribution in [3.8, 4) is 5.75 Å². The van der Waals surface area contributed by atoms with Crippen LogP contribution in [0.15, 0.2) is 42.5 Å². The average Bonchev–Trinajstić information content (AvgIpc) is 2.76. The van der Waals surface area contributed by atoms with Crippen LogP contribution in [-0.2, 0) is 16.1 Å². The maximum absolute atomic E-state index is 13.3. The quantitative estimate of drug-likeness (QED) is 0.490. The SMILES string of the molecule is CC(C)Oc1ccc(NC2CC(=O)N(C[C@H](C)C(=O)O)C(=O)N2Cc2ccc(Cl)cc2)cc1Cl. The molecule has 3 amide bonds. The highest BCUT2D eigenvalue weighted by Crippen LogP contribution is 2.30. The summed E-state index contributed by atoms with van der Waals surface area (Å²) in [4.78, 5) is 40.0. The van der Waals surface area contributed by atoms with Crippen molar-refractivity contribution in [1.82, 2.24) is 9.80 Å². The number of aliphatic carboxylic acids is 1. The fourth-order valence-corrected chi connectivity index (χ4v) is 3.89. The molecule has 3 rings (SSSR count). The number of amides is 3. The molecule has 0 saturated carbocycles. The van der Waals surface area contributed by atoms with Crippen LogP contribution >= 0.6 is 23.2 Å². The van der Waals surface area contributed by atoms with E-state index >= 15 is 0 Å². The van der Waals surface area contributed by atoms with Crippen molar-refractivity contribution in [2.75, 3.05) is 11.9 Å². The summed E-state index contributed by atoms with van der Waals surface area (Å²) < 4.78 is 5.66. The molecule has 10 heteroatoms. The van der Waals surface area contributed by atoms with Gasteiger partial charge in [-0.15, -0.1) is 0 Å². The van der Waals surface area contributed by atoms with Crippen LogP contribution in [0.1, 0.15) is 32.8 Å². The molecule has 8 nitrogen and oxygen atoms in total. The predicted molar refractivity (Wildman–Crippen MR) is 130 cm³/mol. The highest BCUT2D eigenvalue weighted by atomic mass is 35.5. The van der Waals surface area contributed by atoms with E-state index in [4.69, 9.17) is 27.9 Å². The molecule has 0 spiro atoms. The minimum atomic E-state index is -1.08. The van der Waals surface area contributed by atoms with Gasteiger partial charge < -0.3 is 15.2 Å². The minimum absolute atomic E-state index is 0.0342. The third kappa shape index (κ3) is 6.33. The lowest BCUT2D eigenvalue weighted by molar-refractivity contribution is -0.142. The molecule has 2 N–H and O–H groups in total. The molecule has 1 heterocycles. The maximum atomic E-state index is 13.3. The van der Waals surface area contributed by atoms with E-state index in [1.54, 1.807) is 42.5 Å². The van der Waals surface area contributed by atoms with Crippen LogP contribution in [0.25, 0.3) is 0 Å². The number of rotatable bonds is 9. The molecule has 1 fully saturated rings. The zero-order valence-electron chi connectivity index (χ0n) is 19.1. The molecule has 2 atom stereocenters. The number of hydrogen-bond acceptors (Lipinski definition) is 5. The van der Waals surface area contributed by atoms with Gasteiger partial charge in [-0.2, -0.15) is 0 Å². The van der Waals surface area contributed by atoms with Gasteiger partial charge in [0.05, 0.1) is 23.5 Å². The lowest BCUT2D eigenvalue weighted by Gasteiger charge is -2.41. The number of benzene rings is 2. The third-order valence-electron chi connectivity index (χ3n) is 5.29. The number of anilines is 1. The van der Waals surface area contributed by atoms with Gasteiger partial charge in [0.2, 0.25) is 5.91 Å². The zero-order chi connectivity index (χ0) is 25.0. The fourth-order valence-electron chi connectivity index (χ4n) is 3.54. The Kier molecular flexibility index (Phi) is 8.28. The normalized spacial score (nSPS) is 17.2. The second-order valence-electron chi connectivity index (χ2n) is 8.46. The molecule has 182 valence electrons. The highest BCUT2D eigenvalue weighted by Gasteiger charge is 2.40. The van der Waals surface area contributed by atoms with Gasteiger partial charge >= 0.3 is 12.0 Å². The van der Waals surface area contributed by atoms with Gasteiger partial charge in [0, 0.05) is 23.8 Å². The van der Waals surface area contributed by atoms with Crippen molar-refractivity contribution < 1.29 is 24.2 Å². The summed E-state index contributed by atoms with van der Waals surface area (Å²) in [6.07, 6.45) is -0.744. The second-order valence-corrected chi connectivity index (χ2v) is 9.30. The number of ether oxygens (including phenoxy) is 1. The molecule has 1 aliphatic rings. The minimum Gasteiger partial charge on any atom is -0.489 e. The number of hydrogen-bond donors (Lipinski definition) is 2. The number of carbonyl (C=O) groups is 3. The van der Waals surface area contributed by atoms with Gasteiger partial charge in [-0.25, -0.2) is 4.79 Å². The Morgan fingerprint density at radius 2 is 1.82 bits per heavy atom. The third-order valence-corrected chi connectivity index (χ3v) is 5.84. The first-order chi connectivity index (χ1) is 16.0. The molecule has 2 aromatic carbocycles. The molecule has 0 bridgehead atoms. The van der Waals surface area contributed by atoms with E-state index in [0.29, 0.717) is 21.5 Å². The van der Waals surface area contributed by atoms with Crippen molar-refractivity contribution in [3.63, 3.8) is 0 Å². The molecule has 2 aromatic rings. The number of carboxylic acids is 1. The first-order valence-corrected chi connectivity index (χ1v) is 11.6. The lowest BCUT2D eigenvalue weighted by atomic mass is 10.1. The summed E-state index contributed by atoms with van der Waals surface area (Å²) in [5.41, 5.74) is 1.42. The summed E-state index contributed by atoms with van der Waals surface area (Å²) in [7, 11) is 0. The van der Waals surface area contributed by atoms with Crippen molar-refractivity contribution in [1.29, 1.82) is 0 Å². The smallest absolute Gasteiger partial charge is 0.328 e. The van der Waals surface area contributed by atoms with Crippen LogP contribution in [-0.4, -0.2) is 51.6 Å². The number of nitrogens with one attached hydrogen (secondary N) is 1. The number of carbonyl (C=O) groups excluding carboxylic acids is 2. The number of urea groups is 1. The molecule has 1 saturated heterocycles. The largest absolute Gasteiger partial charge is 0.489 e. The molecule has 0 radical (unpaired) electrons. The topological polar surface area (TPSA) is 99.2 Å². The Morgan fingerprint density at radius 3 is 2.41 bits per heavy atom. The zero-order valence-corrected chi connectivity index (χ0v) is 20.6. The Hall–Kier alpha value is -2.97. The molecule has 0 aliphatic carbocycles. The van der Waals surface area contributed by atoms with Crippen LogP contribution in [0, 0.1) is 5.92 Å². The first kappa shape index (κ1) is 25.6. The van der Waals surface area contributed by atoms with E-state index < -0.39 is 30.0 Å². The van der Waals surface area contributed by atoms with E-state index in [2.05, 4.69) is 5.32 Å². The van der Waals surface area contributed by atoms with Crippen molar-refractivity contribution in [3.05, 3.63) is 58.1 Å². The first-order valence-electron chi connectivity index (χ1n) is 10.9. The molecular weight excluding hydrogens is 481 g/mol. The standard InChI is InChI=1S/C24H27Cl2N3O5/c1-14(2)34-20-9-8-18(10-19(20)26)27-21-11-22(30)29(12-15(3)23(31)32)24(33)28(21)13-16-4-6-17(25)7-5-16/h4-10,14-15,21,27H,11-13H2,1-3H3,(H,31,32)/t15-,21?/m0/s1. The number of nitrogens with zero attached hydrogens (tertiary/aromatic N) is 2. The predicted octanol–water partition coefficient (Wildman–Crippen LogP) is 5.09. The molecular formula is C24H27Cl2N3O5. The molecule has 1 aliphatic heterocycles. The van der Waals surface area contributed by atoms with Crippen LogP contribution in [0.5, 0.6) is 5.75 Å². The monoisotopic (exact) mass is 507 g/mol. The van der Waals surface area contributed by atoms with Crippen molar-refractivity contribution in [2.45, 2.75) is 46.0 Å².